The van der Waals surface area contributed by atoms with Crippen LogP contribution in [-0.2, 0) is 4.74 Å². The molecule has 2 aliphatic rings. The van der Waals surface area contributed by atoms with Crippen LogP contribution in [0.3, 0.4) is 0 Å². The predicted octanol–water partition coefficient (Wildman–Crippen LogP) is 2.25. The average Bonchev–Trinajstić information content (AvgIpc) is 3.25. The van der Waals surface area contributed by atoms with Gasteiger partial charge in [-0.25, -0.2) is 9.78 Å². The van der Waals surface area contributed by atoms with E-state index in [4.69, 9.17) is 4.74 Å². The molecule has 1 aromatic carbocycles. The molecule has 2 aliphatic heterocycles. The van der Waals surface area contributed by atoms with Gasteiger partial charge in [-0.15, -0.1) is 0 Å². The highest BCUT2D eigenvalue weighted by Crippen LogP contribution is 2.40. The Morgan fingerprint density at radius 2 is 2.27 bits per heavy atom. The molecule has 9 heteroatoms. The number of carbonyl (C=O) groups is 2. The zero-order valence-electron chi connectivity index (χ0n) is 14.0. The largest absolute Gasteiger partial charge is 0.461 e. The van der Waals surface area contributed by atoms with E-state index in [0.717, 1.165) is 6.42 Å². The summed E-state index contributed by atoms with van der Waals surface area (Å²) in [5.74, 6) is -0.810. The van der Waals surface area contributed by atoms with E-state index in [0.29, 0.717) is 24.3 Å². The number of carbonyl (C=O) groups excluding carboxylic acids is 2. The summed E-state index contributed by atoms with van der Waals surface area (Å²) in [7, 11) is 0. The van der Waals surface area contributed by atoms with Gasteiger partial charge < -0.3 is 9.64 Å². The van der Waals surface area contributed by atoms with Gasteiger partial charge in [0.2, 0.25) is 0 Å². The molecule has 1 fully saturated rings. The fourth-order valence-electron chi connectivity index (χ4n) is 3.69. The number of benzene rings is 1. The normalized spacial score (nSPS) is 18.0. The number of ether oxygens (including phenoxy) is 1. The van der Waals surface area contributed by atoms with Gasteiger partial charge in [-0.1, -0.05) is 0 Å². The molecule has 0 unspecified atom stereocenters. The van der Waals surface area contributed by atoms with E-state index >= 15 is 0 Å². The van der Waals surface area contributed by atoms with E-state index in [1.807, 2.05) is 0 Å². The molecular formula is C17H16N4O5. The molecule has 0 saturated carbocycles. The van der Waals surface area contributed by atoms with Crippen LogP contribution in [0.1, 0.15) is 52.3 Å². The number of imidazole rings is 1. The molecule has 1 amide bonds. The molecule has 1 saturated heterocycles. The topological polar surface area (TPSA) is 108 Å². The Morgan fingerprint density at radius 3 is 3.00 bits per heavy atom. The van der Waals surface area contributed by atoms with E-state index in [-0.39, 0.29) is 35.5 Å². The number of amides is 1. The Labute approximate surface area is 148 Å². The molecule has 0 aliphatic carbocycles. The van der Waals surface area contributed by atoms with Crippen LogP contribution in [0.15, 0.2) is 24.5 Å². The van der Waals surface area contributed by atoms with E-state index in [1.54, 1.807) is 16.4 Å². The summed E-state index contributed by atoms with van der Waals surface area (Å²) in [5, 5.41) is 11.1. The van der Waals surface area contributed by atoms with Crippen LogP contribution < -0.4 is 0 Å². The number of non-ortho nitro benzene ring substituents is 1. The van der Waals surface area contributed by atoms with Gasteiger partial charge in [0.1, 0.15) is 6.33 Å². The van der Waals surface area contributed by atoms with Gasteiger partial charge in [-0.05, 0) is 25.8 Å². The van der Waals surface area contributed by atoms with Crippen molar-refractivity contribution in [2.45, 2.75) is 25.8 Å². The highest BCUT2D eigenvalue weighted by atomic mass is 16.6. The van der Waals surface area contributed by atoms with Crippen LogP contribution in [0.4, 0.5) is 5.69 Å². The zero-order valence-corrected chi connectivity index (χ0v) is 14.0. The summed E-state index contributed by atoms with van der Waals surface area (Å²) < 4.78 is 6.78. The third kappa shape index (κ3) is 2.27. The van der Waals surface area contributed by atoms with E-state index in [1.165, 1.54) is 24.5 Å². The number of hydrogen-bond donors (Lipinski definition) is 0. The predicted molar refractivity (Wildman–Crippen MR) is 89.2 cm³/mol. The number of nitro benzene ring substituents is 1. The summed E-state index contributed by atoms with van der Waals surface area (Å²) in [4.78, 5) is 41.8. The van der Waals surface area contributed by atoms with Gasteiger partial charge in [0, 0.05) is 18.7 Å². The van der Waals surface area contributed by atoms with Crippen molar-refractivity contribution in [1.29, 1.82) is 0 Å². The second-order valence-corrected chi connectivity index (χ2v) is 6.18. The molecule has 0 radical (unpaired) electrons. The number of hydrogen-bond acceptors (Lipinski definition) is 6. The Hall–Kier alpha value is -3.23. The monoisotopic (exact) mass is 356 g/mol. The SMILES string of the molecule is CCOC(=O)c1ncn2c1[C@@H]1CCCN1C(=O)c1cc([N+](=O)[O-])ccc1-2. The summed E-state index contributed by atoms with van der Waals surface area (Å²) in [5.41, 5.74) is 1.34. The Kier molecular flexibility index (Phi) is 3.71. The van der Waals surface area contributed by atoms with Crippen molar-refractivity contribution in [2.75, 3.05) is 13.2 Å². The Balaban J connectivity index is 1.95. The fourth-order valence-corrected chi connectivity index (χ4v) is 3.69. The van der Waals surface area contributed by atoms with Crippen LogP contribution in [0.25, 0.3) is 5.69 Å². The molecule has 9 nitrogen and oxygen atoms in total. The Bertz CT molecular complexity index is 935. The first-order valence-electron chi connectivity index (χ1n) is 8.37. The fraction of sp³-hybridized carbons (Fsp3) is 0.353. The Morgan fingerprint density at radius 1 is 1.46 bits per heavy atom. The number of nitro groups is 1. The lowest BCUT2D eigenvalue weighted by molar-refractivity contribution is -0.384. The molecule has 0 bridgehead atoms. The zero-order chi connectivity index (χ0) is 18.4. The third-order valence-electron chi connectivity index (χ3n) is 4.78. The number of fused-ring (bicyclic) bond motifs is 5. The maximum absolute atomic E-state index is 13.0. The molecular weight excluding hydrogens is 340 g/mol. The first-order chi connectivity index (χ1) is 12.5. The van der Waals surface area contributed by atoms with Crippen molar-refractivity contribution >= 4 is 17.6 Å². The number of esters is 1. The maximum Gasteiger partial charge on any atom is 0.358 e. The van der Waals surface area contributed by atoms with Gasteiger partial charge in [0.15, 0.2) is 5.69 Å². The highest BCUT2D eigenvalue weighted by Gasteiger charge is 2.40. The minimum atomic E-state index is -0.536. The number of aromatic nitrogens is 2. The third-order valence-corrected chi connectivity index (χ3v) is 4.78. The van der Waals surface area contributed by atoms with Crippen molar-refractivity contribution in [2.24, 2.45) is 0 Å². The van der Waals surface area contributed by atoms with Crippen LogP contribution in [0.2, 0.25) is 0 Å². The van der Waals surface area contributed by atoms with Crippen molar-refractivity contribution in [3.8, 4) is 5.69 Å². The van der Waals surface area contributed by atoms with Gasteiger partial charge in [0.25, 0.3) is 11.6 Å². The van der Waals surface area contributed by atoms with Crippen LogP contribution in [0.5, 0.6) is 0 Å². The molecule has 134 valence electrons. The van der Waals surface area contributed by atoms with Gasteiger partial charge in [-0.3, -0.25) is 19.5 Å². The minimum Gasteiger partial charge on any atom is -0.461 e. The van der Waals surface area contributed by atoms with Crippen molar-refractivity contribution in [1.82, 2.24) is 14.5 Å². The lowest BCUT2D eigenvalue weighted by Crippen LogP contribution is -2.30. The van der Waals surface area contributed by atoms with Crippen molar-refractivity contribution < 1.29 is 19.2 Å². The lowest BCUT2D eigenvalue weighted by atomic mass is 10.1. The molecule has 26 heavy (non-hydrogen) atoms. The van der Waals surface area contributed by atoms with Gasteiger partial charge in [-0.2, -0.15) is 0 Å². The van der Waals surface area contributed by atoms with Gasteiger partial charge in [0.05, 0.1) is 34.5 Å². The number of nitrogens with zero attached hydrogens (tertiary/aromatic N) is 4. The molecule has 3 heterocycles. The van der Waals surface area contributed by atoms with Crippen LogP contribution in [0, 0.1) is 10.1 Å². The molecule has 4 rings (SSSR count). The van der Waals surface area contributed by atoms with E-state index < -0.39 is 10.9 Å². The summed E-state index contributed by atoms with van der Waals surface area (Å²) in [6.07, 6.45) is 2.95. The molecule has 1 atom stereocenters. The smallest absolute Gasteiger partial charge is 0.358 e. The standard InChI is InChI=1S/C17H16N4O5/c1-2-26-17(23)14-15-13-4-3-7-19(13)16(22)11-8-10(21(24)25)5-6-12(11)20(15)9-18-14/h5-6,8-9,13H,2-4,7H2,1H3/t13-/m0/s1. The second-order valence-electron chi connectivity index (χ2n) is 6.18. The van der Waals surface area contributed by atoms with Crippen molar-refractivity contribution in [3.63, 3.8) is 0 Å². The first kappa shape index (κ1) is 16.2. The van der Waals surface area contributed by atoms with Crippen LogP contribution in [-0.4, -0.2) is 44.4 Å². The first-order valence-corrected chi connectivity index (χ1v) is 8.37. The molecule has 1 aromatic heterocycles. The lowest BCUT2D eigenvalue weighted by Gasteiger charge is -2.22. The quantitative estimate of drug-likeness (QED) is 0.474. The summed E-state index contributed by atoms with van der Waals surface area (Å²) in [6.45, 7) is 2.47. The average molecular weight is 356 g/mol. The molecule has 0 N–H and O–H groups in total. The minimum absolute atomic E-state index is 0.151. The highest BCUT2D eigenvalue weighted by molar-refractivity contribution is 6.00. The second kappa shape index (κ2) is 5.94. The molecule has 0 spiro atoms. The van der Waals surface area contributed by atoms with E-state index in [2.05, 4.69) is 4.98 Å². The van der Waals surface area contributed by atoms with E-state index in [9.17, 15) is 19.7 Å². The van der Waals surface area contributed by atoms with Crippen LogP contribution >= 0.6 is 0 Å². The van der Waals surface area contributed by atoms with Crippen molar-refractivity contribution in [3.05, 3.63) is 51.6 Å². The summed E-state index contributed by atoms with van der Waals surface area (Å²) >= 11 is 0. The molecule has 2 aromatic rings. The number of rotatable bonds is 3. The summed E-state index contributed by atoms with van der Waals surface area (Å²) in [6, 6.07) is 3.84. The maximum atomic E-state index is 13.0. The van der Waals surface area contributed by atoms with Gasteiger partial charge >= 0.3 is 5.97 Å².